The highest BCUT2D eigenvalue weighted by molar-refractivity contribution is 6.33. The maximum absolute atomic E-state index is 13.9. The molecule has 1 aliphatic rings. The molecule has 3 aromatic carbocycles. The summed E-state index contributed by atoms with van der Waals surface area (Å²) < 4.78 is 24.0. The van der Waals surface area contributed by atoms with Crippen LogP contribution in [0.4, 0.5) is 11.4 Å². The maximum Gasteiger partial charge on any atom is 0.289 e. The Balaban J connectivity index is 1.41. The fourth-order valence-electron chi connectivity index (χ4n) is 6.12. The summed E-state index contributed by atoms with van der Waals surface area (Å²) in [5.41, 5.74) is 4.19. The average Bonchev–Trinajstić information content (AvgIpc) is 3.71. The van der Waals surface area contributed by atoms with Crippen LogP contribution in [0, 0.1) is 27.7 Å². The molecule has 0 radical (unpaired) electrons. The standard InChI is InChI=1S/C39H34N4O8/c1-21-18-22(2)27(23(3)19-21)20-50-25(5)31-24(4)34(39(48-7)42(6)36(31)45)41-40-28-15-16-29(51-30-14-11-17-49-30)33-32(28)37(46)43(38(33)47)35(44)26-12-9-8-10-13-26/h8-19H,5,20H2,1-4,6-7H3. The second-order valence-electron chi connectivity index (χ2n) is 12.0. The van der Waals surface area contributed by atoms with E-state index in [-0.39, 0.29) is 63.6 Å². The topological polar surface area (TPSA) is 142 Å². The van der Waals surface area contributed by atoms with E-state index < -0.39 is 23.3 Å². The molecule has 6 rings (SSSR count). The number of carbonyl (C=O) groups excluding carboxylic acids is 3. The quantitative estimate of drug-likeness (QED) is 0.0816. The molecule has 12 nitrogen and oxygen atoms in total. The zero-order chi connectivity index (χ0) is 36.6. The monoisotopic (exact) mass is 686 g/mol. The summed E-state index contributed by atoms with van der Waals surface area (Å²) in [6.07, 6.45) is 1.39. The third kappa shape index (κ3) is 6.23. The number of pyridine rings is 1. The number of carbonyl (C=O) groups is 3. The maximum atomic E-state index is 13.9. The molecule has 0 spiro atoms. The number of rotatable bonds is 10. The molecular formula is C39H34N4O8. The summed E-state index contributed by atoms with van der Waals surface area (Å²) in [5, 5.41) is 8.81. The molecule has 12 heteroatoms. The zero-order valence-electron chi connectivity index (χ0n) is 28.9. The van der Waals surface area contributed by atoms with Crippen molar-refractivity contribution in [2.45, 2.75) is 34.3 Å². The van der Waals surface area contributed by atoms with E-state index in [1.807, 2.05) is 20.8 Å². The van der Waals surface area contributed by atoms with Crippen LogP contribution in [0.3, 0.4) is 0 Å². The Morgan fingerprint density at radius 3 is 2.22 bits per heavy atom. The molecule has 5 aromatic rings. The number of furan rings is 1. The van der Waals surface area contributed by atoms with Gasteiger partial charge in [0.2, 0.25) is 5.88 Å². The molecule has 0 N–H and O–H groups in total. The first-order chi connectivity index (χ1) is 24.4. The van der Waals surface area contributed by atoms with Gasteiger partial charge in [0.05, 0.1) is 35.8 Å². The number of aromatic nitrogens is 1. The van der Waals surface area contributed by atoms with Gasteiger partial charge in [-0.25, -0.2) is 4.90 Å². The third-order valence-corrected chi connectivity index (χ3v) is 8.63. The normalized spacial score (nSPS) is 12.4. The number of benzene rings is 3. The van der Waals surface area contributed by atoms with E-state index in [2.05, 4.69) is 28.9 Å². The molecular weight excluding hydrogens is 652 g/mol. The number of ether oxygens (including phenoxy) is 3. The number of hydrogen-bond acceptors (Lipinski definition) is 10. The predicted octanol–water partition coefficient (Wildman–Crippen LogP) is 8.05. The number of imide groups is 3. The molecule has 1 aliphatic heterocycles. The van der Waals surface area contributed by atoms with Crippen LogP contribution in [0.25, 0.3) is 5.76 Å². The highest BCUT2D eigenvalue weighted by Gasteiger charge is 2.44. The van der Waals surface area contributed by atoms with Crippen LogP contribution >= 0.6 is 0 Å². The van der Waals surface area contributed by atoms with Gasteiger partial charge in [-0.1, -0.05) is 42.5 Å². The lowest BCUT2D eigenvalue weighted by Crippen LogP contribution is -2.36. The van der Waals surface area contributed by atoms with Gasteiger partial charge in [0.15, 0.2) is 0 Å². The van der Waals surface area contributed by atoms with Crippen molar-refractivity contribution in [3.05, 3.63) is 140 Å². The van der Waals surface area contributed by atoms with Crippen LogP contribution < -0.4 is 15.0 Å². The van der Waals surface area contributed by atoms with Crippen molar-refractivity contribution in [3.63, 3.8) is 0 Å². The minimum atomic E-state index is -0.906. The summed E-state index contributed by atoms with van der Waals surface area (Å²) in [6, 6.07) is 18.1. The Bertz CT molecular complexity index is 2300. The van der Waals surface area contributed by atoms with Gasteiger partial charge < -0.3 is 18.6 Å². The third-order valence-electron chi connectivity index (χ3n) is 8.63. The van der Waals surface area contributed by atoms with Gasteiger partial charge in [-0.05, 0) is 80.3 Å². The molecule has 0 unspecified atom stereocenters. The van der Waals surface area contributed by atoms with Crippen molar-refractivity contribution in [2.24, 2.45) is 17.3 Å². The highest BCUT2D eigenvalue weighted by Crippen LogP contribution is 2.42. The molecule has 0 atom stereocenters. The summed E-state index contributed by atoms with van der Waals surface area (Å²) >= 11 is 0. The summed E-state index contributed by atoms with van der Waals surface area (Å²) in [5.74, 6) is -2.37. The van der Waals surface area contributed by atoms with Crippen LogP contribution in [0.2, 0.25) is 0 Å². The van der Waals surface area contributed by atoms with E-state index in [0.717, 1.165) is 22.3 Å². The van der Waals surface area contributed by atoms with Crippen molar-refractivity contribution in [1.29, 1.82) is 0 Å². The molecule has 258 valence electrons. The van der Waals surface area contributed by atoms with Gasteiger partial charge in [0.25, 0.3) is 29.2 Å². The lowest BCUT2D eigenvalue weighted by atomic mass is 10.0. The SMILES string of the molecule is C=C(OCc1c(C)cc(C)cc1C)c1c(C)c(N=Nc2ccc(Oc3ccco3)c3c2C(=O)N(C(=O)c2ccccc2)C3=O)c(OC)n(C)c1=O. The number of methoxy groups -OCH3 is 1. The van der Waals surface area contributed by atoms with E-state index in [1.165, 1.54) is 55.3 Å². The predicted molar refractivity (Wildman–Crippen MR) is 188 cm³/mol. The van der Waals surface area contributed by atoms with Gasteiger partial charge in [-0.3, -0.25) is 23.7 Å². The largest absolute Gasteiger partial charge is 0.489 e. The second kappa shape index (κ2) is 13.7. The van der Waals surface area contributed by atoms with Crippen LogP contribution in [-0.2, 0) is 18.4 Å². The molecule has 0 bridgehead atoms. The molecule has 0 fully saturated rings. The van der Waals surface area contributed by atoms with Gasteiger partial charge in [0, 0.05) is 18.7 Å². The zero-order valence-corrected chi connectivity index (χ0v) is 28.9. The van der Waals surface area contributed by atoms with Crippen LogP contribution in [0.15, 0.2) is 99.0 Å². The van der Waals surface area contributed by atoms with Crippen molar-refractivity contribution in [3.8, 4) is 17.6 Å². The lowest BCUT2D eigenvalue weighted by Gasteiger charge is -2.18. The van der Waals surface area contributed by atoms with Crippen molar-refractivity contribution in [1.82, 2.24) is 9.47 Å². The van der Waals surface area contributed by atoms with Gasteiger partial charge >= 0.3 is 0 Å². The number of nitrogens with zero attached hydrogens (tertiary/aromatic N) is 4. The number of fused-ring (bicyclic) bond motifs is 1. The Hall–Kier alpha value is -6.56. The first-order valence-electron chi connectivity index (χ1n) is 15.9. The summed E-state index contributed by atoms with van der Waals surface area (Å²) in [4.78, 5) is 55.3. The van der Waals surface area contributed by atoms with Gasteiger partial charge in [0.1, 0.15) is 23.8 Å². The molecule has 3 heterocycles. The molecule has 0 aliphatic carbocycles. The minimum Gasteiger partial charge on any atom is -0.489 e. The van der Waals surface area contributed by atoms with Crippen LogP contribution in [0.5, 0.6) is 17.6 Å². The lowest BCUT2D eigenvalue weighted by molar-refractivity contribution is 0.0566. The van der Waals surface area contributed by atoms with E-state index in [4.69, 9.17) is 18.6 Å². The fourth-order valence-corrected chi connectivity index (χ4v) is 6.12. The number of amides is 3. The molecule has 0 saturated carbocycles. The molecule has 2 aromatic heterocycles. The van der Waals surface area contributed by atoms with Crippen molar-refractivity contribution >= 4 is 34.9 Å². The molecule has 3 amide bonds. The van der Waals surface area contributed by atoms with Gasteiger partial charge in [-0.2, -0.15) is 0 Å². The van der Waals surface area contributed by atoms with Crippen molar-refractivity contribution < 1.29 is 33.0 Å². The second-order valence-corrected chi connectivity index (χ2v) is 12.0. The first-order valence-corrected chi connectivity index (χ1v) is 15.9. The molecule has 0 saturated heterocycles. The number of azo groups is 1. The molecule has 51 heavy (non-hydrogen) atoms. The minimum absolute atomic E-state index is 0.0220. The average molecular weight is 687 g/mol. The summed E-state index contributed by atoms with van der Waals surface area (Å²) in [7, 11) is 2.90. The van der Waals surface area contributed by atoms with Crippen molar-refractivity contribution in [2.75, 3.05) is 7.11 Å². The van der Waals surface area contributed by atoms with Crippen LogP contribution in [0.1, 0.15) is 64.5 Å². The Labute approximate surface area is 293 Å². The number of hydrogen-bond donors (Lipinski definition) is 0. The van der Waals surface area contributed by atoms with E-state index >= 15 is 0 Å². The van der Waals surface area contributed by atoms with E-state index in [1.54, 1.807) is 31.2 Å². The Morgan fingerprint density at radius 1 is 0.882 bits per heavy atom. The highest BCUT2D eigenvalue weighted by atomic mass is 16.6. The Kier molecular flexibility index (Phi) is 9.25. The Morgan fingerprint density at radius 2 is 1.57 bits per heavy atom. The fraction of sp³-hybridized carbons (Fsp3) is 0.179. The first kappa shape index (κ1) is 34.3. The summed E-state index contributed by atoms with van der Waals surface area (Å²) in [6.45, 7) is 11.9. The number of aryl methyl sites for hydroxylation is 3. The smallest absolute Gasteiger partial charge is 0.289 e. The van der Waals surface area contributed by atoms with Crippen LogP contribution in [-0.4, -0.2) is 34.3 Å². The van der Waals surface area contributed by atoms with E-state index in [9.17, 15) is 19.2 Å². The van der Waals surface area contributed by atoms with E-state index in [0.29, 0.717) is 10.5 Å². The van der Waals surface area contributed by atoms with Gasteiger partial charge in [-0.15, -0.1) is 10.2 Å².